The molecule has 3 nitrogen and oxygen atoms in total. The van der Waals surface area contributed by atoms with Crippen LogP contribution in [0.25, 0.3) is 0 Å². The largest absolute Gasteiger partial charge is 0.370 e. The summed E-state index contributed by atoms with van der Waals surface area (Å²) in [6, 6.07) is 0. The maximum absolute atomic E-state index is 9.39. The van der Waals surface area contributed by atoms with Crippen molar-refractivity contribution < 1.29 is 5.11 Å². The van der Waals surface area contributed by atoms with Gasteiger partial charge < -0.3 is 10.0 Å². The van der Waals surface area contributed by atoms with Crippen molar-refractivity contribution in [3.05, 3.63) is 12.7 Å². The van der Waals surface area contributed by atoms with Gasteiger partial charge in [-0.05, 0) is 6.42 Å². The molecule has 0 aliphatic carbocycles. The quantitative estimate of drug-likeness (QED) is 0.519. The summed E-state index contributed by atoms with van der Waals surface area (Å²) in [6.45, 7) is 7.32. The van der Waals surface area contributed by atoms with E-state index in [4.69, 9.17) is 0 Å². The highest BCUT2D eigenvalue weighted by molar-refractivity contribution is 5.84. The molecule has 1 heterocycles. The van der Waals surface area contributed by atoms with Gasteiger partial charge in [0, 0.05) is 13.0 Å². The fourth-order valence-electron chi connectivity index (χ4n) is 1.69. The second kappa shape index (κ2) is 5.81. The van der Waals surface area contributed by atoms with Gasteiger partial charge in [0.2, 0.25) is 0 Å². The molecule has 1 rings (SSSR count). The first-order chi connectivity index (χ1) is 6.77. The molecule has 0 saturated heterocycles. The number of β-amino-alcohol motifs (C(OH)–C–C–N with tert-alkyl or cyclic N) is 1. The van der Waals surface area contributed by atoms with E-state index in [0.29, 0.717) is 6.54 Å². The molecule has 1 aliphatic heterocycles. The maximum atomic E-state index is 9.39. The van der Waals surface area contributed by atoms with Crippen LogP contribution >= 0.6 is 0 Å². The van der Waals surface area contributed by atoms with Gasteiger partial charge in [0.05, 0.1) is 6.54 Å². The zero-order chi connectivity index (χ0) is 10.4. The lowest BCUT2D eigenvalue weighted by Gasteiger charge is -2.17. The van der Waals surface area contributed by atoms with Crippen LogP contribution in [-0.4, -0.2) is 35.2 Å². The monoisotopic (exact) mass is 196 g/mol. The summed E-state index contributed by atoms with van der Waals surface area (Å²) >= 11 is 0. The molecule has 0 aromatic heterocycles. The molecule has 0 spiro atoms. The van der Waals surface area contributed by atoms with E-state index >= 15 is 0 Å². The molecular formula is C11H20N2O. The van der Waals surface area contributed by atoms with E-state index in [1.54, 1.807) is 0 Å². The van der Waals surface area contributed by atoms with Crippen molar-refractivity contribution >= 4 is 5.84 Å². The van der Waals surface area contributed by atoms with Crippen LogP contribution in [0.5, 0.6) is 0 Å². The van der Waals surface area contributed by atoms with Crippen LogP contribution in [0.2, 0.25) is 0 Å². The van der Waals surface area contributed by atoms with Crippen molar-refractivity contribution in [2.24, 2.45) is 4.99 Å². The lowest BCUT2D eigenvalue weighted by atomic mass is 10.2. The van der Waals surface area contributed by atoms with Crippen LogP contribution in [-0.2, 0) is 0 Å². The van der Waals surface area contributed by atoms with Crippen molar-refractivity contribution in [3.63, 3.8) is 0 Å². The number of aliphatic hydroxyl groups is 1. The molecule has 0 aromatic carbocycles. The molecule has 0 saturated carbocycles. The van der Waals surface area contributed by atoms with Gasteiger partial charge >= 0.3 is 0 Å². The normalized spacial score (nSPS) is 21.1. The topological polar surface area (TPSA) is 35.8 Å². The van der Waals surface area contributed by atoms with E-state index in [-0.39, 0.29) is 0 Å². The summed E-state index contributed by atoms with van der Waals surface area (Å²) in [7, 11) is 0. The third-order valence-corrected chi connectivity index (χ3v) is 2.40. The van der Waals surface area contributed by atoms with Crippen molar-refractivity contribution in [1.82, 2.24) is 4.90 Å². The Morgan fingerprint density at radius 2 is 2.43 bits per heavy atom. The average molecular weight is 196 g/mol. The summed E-state index contributed by atoms with van der Waals surface area (Å²) in [4.78, 5) is 6.32. The van der Waals surface area contributed by atoms with Crippen LogP contribution in [0.4, 0.5) is 0 Å². The number of aliphatic imine (C=N–C) groups is 1. The van der Waals surface area contributed by atoms with Gasteiger partial charge in [0.1, 0.15) is 5.84 Å². The smallest absolute Gasteiger partial charge is 0.164 e. The highest BCUT2D eigenvalue weighted by Crippen LogP contribution is 2.12. The highest BCUT2D eigenvalue weighted by Gasteiger charge is 2.21. The molecule has 0 bridgehead atoms. The molecule has 1 N–H and O–H groups in total. The Morgan fingerprint density at radius 1 is 1.64 bits per heavy atom. The molecule has 0 amide bonds. The standard InChI is InChI=1S/C11H20N2O/c1-3-5-6-7-10-12-11(14)9-13(10)8-4-2/h4,11,14H,2-3,5-9H2,1H3. The van der Waals surface area contributed by atoms with Crippen LogP contribution in [0.1, 0.15) is 32.6 Å². The summed E-state index contributed by atoms with van der Waals surface area (Å²) in [5.41, 5.74) is 0. The Bertz CT molecular complexity index is 213. The van der Waals surface area contributed by atoms with E-state index in [0.717, 1.165) is 25.2 Å². The van der Waals surface area contributed by atoms with E-state index < -0.39 is 6.23 Å². The number of rotatable bonds is 6. The van der Waals surface area contributed by atoms with Crippen LogP contribution < -0.4 is 0 Å². The van der Waals surface area contributed by atoms with Gasteiger partial charge in [-0.3, -0.25) is 0 Å². The van der Waals surface area contributed by atoms with Crippen molar-refractivity contribution in [2.45, 2.75) is 38.8 Å². The molecule has 1 atom stereocenters. The minimum absolute atomic E-state index is 0.522. The van der Waals surface area contributed by atoms with E-state index in [2.05, 4.69) is 23.4 Å². The first-order valence-electron chi connectivity index (χ1n) is 5.38. The number of amidine groups is 1. The molecule has 1 unspecified atom stereocenters. The van der Waals surface area contributed by atoms with Gasteiger partial charge in [-0.1, -0.05) is 25.8 Å². The molecule has 3 heteroatoms. The Kier molecular flexibility index (Phi) is 4.66. The van der Waals surface area contributed by atoms with Gasteiger partial charge in [-0.15, -0.1) is 6.58 Å². The zero-order valence-electron chi connectivity index (χ0n) is 8.95. The molecule has 1 aliphatic rings. The predicted molar refractivity (Wildman–Crippen MR) is 59.4 cm³/mol. The van der Waals surface area contributed by atoms with Gasteiger partial charge in [0.25, 0.3) is 0 Å². The third-order valence-electron chi connectivity index (χ3n) is 2.40. The number of hydrogen-bond donors (Lipinski definition) is 1. The fraction of sp³-hybridized carbons (Fsp3) is 0.727. The Hall–Kier alpha value is -0.830. The Labute approximate surface area is 86.1 Å². The van der Waals surface area contributed by atoms with Crippen molar-refractivity contribution in [2.75, 3.05) is 13.1 Å². The van der Waals surface area contributed by atoms with Crippen molar-refractivity contribution in [1.29, 1.82) is 0 Å². The molecule has 0 radical (unpaired) electrons. The summed E-state index contributed by atoms with van der Waals surface area (Å²) in [5, 5.41) is 9.39. The second-order valence-electron chi connectivity index (χ2n) is 3.68. The number of unbranched alkanes of at least 4 members (excludes halogenated alkanes) is 2. The number of nitrogens with zero attached hydrogens (tertiary/aromatic N) is 2. The minimum atomic E-state index is -0.522. The highest BCUT2D eigenvalue weighted by atomic mass is 16.3. The molecule has 80 valence electrons. The SMILES string of the molecule is C=CCN1CC(O)N=C1CCCCC. The fourth-order valence-corrected chi connectivity index (χ4v) is 1.69. The van der Waals surface area contributed by atoms with Crippen LogP contribution in [0.15, 0.2) is 17.6 Å². The first kappa shape index (κ1) is 11.2. The Morgan fingerprint density at radius 3 is 3.07 bits per heavy atom. The van der Waals surface area contributed by atoms with Gasteiger partial charge in [0.15, 0.2) is 6.23 Å². The predicted octanol–water partition coefficient (Wildman–Crippen LogP) is 1.79. The number of hydrogen-bond acceptors (Lipinski definition) is 3. The molecular weight excluding hydrogens is 176 g/mol. The maximum Gasteiger partial charge on any atom is 0.164 e. The number of aliphatic hydroxyl groups excluding tert-OH is 1. The lowest BCUT2D eigenvalue weighted by molar-refractivity contribution is 0.175. The summed E-state index contributed by atoms with van der Waals surface area (Å²) in [6.07, 6.45) is 5.93. The lowest BCUT2D eigenvalue weighted by Crippen LogP contribution is -2.29. The van der Waals surface area contributed by atoms with Gasteiger partial charge in [-0.25, -0.2) is 4.99 Å². The van der Waals surface area contributed by atoms with E-state index in [1.807, 2.05) is 6.08 Å². The third kappa shape index (κ3) is 3.14. The summed E-state index contributed by atoms with van der Waals surface area (Å²) in [5.74, 6) is 1.05. The molecule has 0 aromatic rings. The Balaban J connectivity index is 2.38. The van der Waals surface area contributed by atoms with E-state index in [1.165, 1.54) is 12.8 Å². The first-order valence-corrected chi connectivity index (χ1v) is 5.38. The molecule has 0 fully saturated rings. The molecule has 14 heavy (non-hydrogen) atoms. The second-order valence-corrected chi connectivity index (χ2v) is 3.68. The van der Waals surface area contributed by atoms with E-state index in [9.17, 15) is 5.11 Å². The summed E-state index contributed by atoms with van der Waals surface area (Å²) < 4.78 is 0. The average Bonchev–Trinajstić information content (AvgIpc) is 2.48. The van der Waals surface area contributed by atoms with Crippen LogP contribution in [0.3, 0.4) is 0 Å². The van der Waals surface area contributed by atoms with Gasteiger partial charge in [-0.2, -0.15) is 0 Å². The zero-order valence-corrected chi connectivity index (χ0v) is 8.95. The van der Waals surface area contributed by atoms with Crippen molar-refractivity contribution in [3.8, 4) is 0 Å². The van der Waals surface area contributed by atoms with Crippen LogP contribution in [0, 0.1) is 0 Å². The minimum Gasteiger partial charge on any atom is -0.370 e.